The molecule has 0 heterocycles. The molecule has 0 rings (SSSR count). The van der Waals surface area contributed by atoms with Crippen molar-refractivity contribution >= 4 is 11.9 Å². The van der Waals surface area contributed by atoms with Gasteiger partial charge in [0.2, 0.25) is 0 Å². The summed E-state index contributed by atoms with van der Waals surface area (Å²) in [5.74, 6) is -1.54. The molecule has 17 heavy (non-hydrogen) atoms. The van der Waals surface area contributed by atoms with Gasteiger partial charge in [-0.25, -0.2) is 0 Å². The van der Waals surface area contributed by atoms with Crippen LogP contribution >= 0.6 is 0 Å². The molecular formula is C12H22O5. The molecule has 0 fully saturated rings. The van der Waals surface area contributed by atoms with E-state index < -0.39 is 5.97 Å². The van der Waals surface area contributed by atoms with Crippen molar-refractivity contribution in [3.8, 4) is 0 Å². The molecule has 0 amide bonds. The summed E-state index contributed by atoms with van der Waals surface area (Å²) < 4.78 is 10.3. The molecule has 0 spiro atoms. The van der Waals surface area contributed by atoms with Crippen LogP contribution in [0.5, 0.6) is 0 Å². The van der Waals surface area contributed by atoms with Gasteiger partial charge in [0.15, 0.2) is 0 Å². The minimum atomic E-state index is -0.850. The first-order valence-electron chi connectivity index (χ1n) is 6.02. The molecule has 0 aromatic heterocycles. The molecular weight excluding hydrogens is 224 g/mol. The maximum Gasteiger partial charge on any atom is 0.311 e. The Kier molecular flexibility index (Phi) is 8.40. The summed E-state index contributed by atoms with van der Waals surface area (Å²) in [5.41, 5.74) is 0. The van der Waals surface area contributed by atoms with E-state index in [4.69, 9.17) is 14.6 Å². The number of carboxylic acid groups (broad SMARTS) is 1. The monoisotopic (exact) mass is 246 g/mol. The standard InChI is InChI=1S/C12H22O5/c1-4-16-9(3)10(12(15)17-5-2)7-6-8-11(13)14/h9-10H,4-8H2,1-3H3,(H,13,14). The van der Waals surface area contributed by atoms with E-state index in [9.17, 15) is 9.59 Å². The highest BCUT2D eigenvalue weighted by Gasteiger charge is 2.26. The van der Waals surface area contributed by atoms with Gasteiger partial charge >= 0.3 is 11.9 Å². The number of esters is 1. The van der Waals surface area contributed by atoms with Gasteiger partial charge in [-0.2, -0.15) is 0 Å². The van der Waals surface area contributed by atoms with Crippen molar-refractivity contribution in [2.75, 3.05) is 13.2 Å². The Labute approximate surface area is 102 Å². The van der Waals surface area contributed by atoms with Gasteiger partial charge in [-0.05, 0) is 33.6 Å². The molecule has 0 saturated carbocycles. The van der Waals surface area contributed by atoms with E-state index in [0.29, 0.717) is 26.1 Å². The summed E-state index contributed by atoms with van der Waals surface area (Å²) in [6.07, 6.45) is 0.755. The van der Waals surface area contributed by atoms with Crippen LogP contribution in [0, 0.1) is 5.92 Å². The van der Waals surface area contributed by atoms with E-state index >= 15 is 0 Å². The Balaban J connectivity index is 4.28. The fraction of sp³-hybridized carbons (Fsp3) is 0.833. The molecule has 0 aliphatic rings. The Morgan fingerprint density at radius 3 is 2.35 bits per heavy atom. The van der Waals surface area contributed by atoms with Crippen LogP contribution in [0.15, 0.2) is 0 Å². The number of ether oxygens (including phenoxy) is 2. The zero-order valence-corrected chi connectivity index (χ0v) is 10.8. The first kappa shape index (κ1) is 15.9. The summed E-state index contributed by atoms with van der Waals surface area (Å²) in [7, 11) is 0. The van der Waals surface area contributed by atoms with Crippen molar-refractivity contribution in [2.24, 2.45) is 5.92 Å². The van der Waals surface area contributed by atoms with Crippen LogP contribution in [0.1, 0.15) is 40.0 Å². The zero-order chi connectivity index (χ0) is 13.3. The van der Waals surface area contributed by atoms with Gasteiger partial charge in [0.1, 0.15) is 0 Å². The van der Waals surface area contributed by atoms with E-state index in [2.05, 4.69) is 0 Å². The van der Waals surface area contributed by atoms with Gasteiger partial charge in [0, 0.05) is 13.0 Å². The first-order chi connectivity index (χ1) is 8.02. The number of rotatable bonds is 9. The fourth-order valence-corrected chi connectivity index (χ4v) is 1.65. The summed E-state index contributed by atoms with van der Waals surface area (Å²) in [5, 5.41) is 8.56. The minimum absolute atomic E-state index is 0.0642. The molecule has 100 valence electrons. The Morgan fingerprint density at radius 1 is 1.24 bits per heavy atom. The van der Waals surface area contributed by atoms with Gasteiger partial charge in [0.05, 0.1) is 18.6 Å². The van der Waals surface area contributed by atoms with E-state index in [1.807, 2.05) is 13.8 Å². The van der Waals surface area contributed by atoms with Crippen LogP contribution in [0.2, 0.25) is 0 Å². The lowest BCUT2D eigenvalue weighted by atomic mass is 9.96. The maximum absolute atomic E-state index is 11.7. The second-order valence-corrected chi connectivity index (χ2v) is 3.80. The zero-order valence-electron chi connectivity index (χ0n) is 10.8. The molecule has 1 N–H and O–H groups in total. The lowest BCUT2D eigenvalue weighted by molar-refractivity contribution is -0.154. The van der Waals surface area contributed by atoms with Crippen molar-refractivity contribution in [1.29, 1.82) is 0 Å². The predicted octanol–water partition coefficient (Wildman–Crippen LogP) is 1.85. The summed E-state index contributed by atoms with van der Waals surface area (Å²) in [4.78, 5) is 22.1. The molecule has 2 atom stereocenters. The average Bonchev–Trinajstić information content (AvgIpc) is 2.24. The van der Waals surface area contributed by atoms with Crippen molar-refractivity contribution in [2.45, 2.75) is 46.1 Å². The Morgan fingerprint density at radius 2 is 1.88 bits per heavy atom. The van der Waals surface area contributed by atoms with Gasteiger partial charge in [-0.3, -0.25) is 9.59 Å². The Hall–Kier alpha value is -1.10. The van der Waals surface area contributed by atoms with Crippen LogP contribution in [-0.4, -0.2) is 36.4 Å². The third-order valence-electron chi connectivity index (χ3n) is 2.49. The predicted molar refractivity (Wildman–Crippen MR) is 62.7 cm³/mol. The average molecular weight is 246 g/mol. The summed E-state index contributed by atoms with van der Waals surface area (Å²) >= 11 is 0. The molecule has 0 aliphatic carbocycles. The van der Waals surface area contributed by atoms with E-state index in [1.54, 1.807) is 6.92 Å². The number of hydrogen-bond donors (Lipinski definition) is 1. The Bertz CT molecular complexity index is 239. The first-order valence-corrected chi connectivity index (χ1v) is 6.02. The molecule has 5 heteroatoms. The fourth-order valence-electron chi connectivity index (χ4n) is 1.65. The van der Waals surface area contributed by atoms with Gasteiger partial charge in [-0.1, -0.05) is 0 Å². The molecule has 0 radical (unpaired) electrons. The normalized spacial score (nSPS) is 14.1. The van der Waals surface area contributed by atoms with Gasteiger partial charge < -0.3 is 14.6 Å². The molecule has 0 aliphatic heterocycles. The number of aliphatic carboxylic acids is 1. The van der Waals surface area contributed by atoms with Crippen molar-refractivity contribution in [3.05, 3.63) is 0 Å². The molecule has 2 unspecified atom stereocenters. The second-order valence-electron chi connectivity index (χ2n) is 3.80. The van der Waals surface area contributed by atoms with E-state index in [1.165, 1.54) is 0 Å². The van der Waals surface area contributed by atoms with Crippen LogP contribution in [-0.2, 0) is 19.1 Å². The highest BCUT2D eigenvalue weighted by atomic mass is 16.5. The second kappa shape index (κ2) is 8.98. The highest BCUT2D eigenvalue weighted by Crippen LogP contribution is 2.17. The molecule has 0 bridgehead atoms. The summed E-state index contributed by atoms with van der Waals surface area (Å²) in [6.45, 7) is 6.27. The SMILES string of the molecule is CCOC(=O)C(CCCC(=O)O)C(C)OCC. The minimum Gasteiger partial charge on any atom is -0.481 e. The van der Waals surface area contributed by atoms with Crippen LogP contribution in [0.4, 0.5) is 0 Å². The maximum atomic E-state index is 11.7. The van der Waals surface area contributed by atoms with Crippen molar-refractivity contribution in [3.63, 3.8) is 0 Å². The highest BCUT2D eigenvalue weighted by molar-refractivity contribution is 5.73. The lowest BCUT2D eigenvalue weighted by Gasteiger charge is -2.21. The third-order valence-corrected chi connectivity index (χ3v) is 2.49. The summed E-state index contributed by atoms with van der Waals surface area (Å²) in [6, 6.07) is 0. The largest absolute Gasteiger partial charge is 0.481 e. The van der Waals surface area contributed by atoms with E-state index in [0.717, 1.165) is 0 Å². The van der Waals surface area contributed by atoms with Gasteiger partial charge in [-0.15, -0.1) is 0 Å². The van der Waals surface area contributed by atoms with Crippen molar-refractivity contribution < 1.29 is 24.2 Å². The lowest BCUT2D eigenvalue weighted by Crippen LogP contribution is -2.30. The number of carbonyl (C=O) groups is 2. The number of carboxylic acids is 1. The number of hydrogen-bond acceptors (Lipinski definition) is 4. The van der Waals surface area contributed by atoms with Crippen LogP contribution in [0.25, 0.3) is 0 Å². The molecule has 0 aromatic rings. The molecule has 0 saturated heterocycles. The molecule has 0 aromatic carbocycles. The smallest absolute Gasteiger partial charge is 0.311 e. The van der Waals surface area contributed by atoms with E-state index in [-0.39, 0.29) is 24.4 Å². The van der Waals surface area contributed by atoms with Crippen LogP contribution in [0.3, 0.4) is 0 Å². The third kappa shape index (κ3) is 6.94. The molecule has 5 nitrogen and oxygen atoms in total. The number of carbonyl (C=O) groups excluding carboxylic acids is 1. The van der Waals surface area contributed by atoms with Crippen molar-refractivity contribution in [1.82, 2.24) is 0 Å². The quantitative estimate of drug-likeness (QED) is 0.628. The topological polar surface area (TPSA) is 72.8 Å². The van der Waals surface area contributed by atoms with Crippen LogP contribution < -0.4 is 0 Å². The van der Waals surface area contributed by atoms with Gasteiger partial charge in [0.25, 0.3) is 0 Å².